The molecule has 0 unspecified atom stereocenters. The summed E-state index contributed by atoms with van der Waals surface area (Å²) in [4.78, 5) is 0. The van der Waals surface area contributed by atoms with Crippen molar-refractivity contribution in [1.82, 2.24) is 0 Å². The number of benzene rings is 3. The average Bonchev–Trinajstić information content (AvgIpc) is 2.86. The molecule has 1 aromatic heterocycles. The van der Waals surface area contributed by atoms with Crippen molar-refractivity contribution in [3.8, 4) is 33.9 Å². The monoisotopic (exact) mass is 650 g/mol. The summed E-state index contributed by atoms with van der Waals surface area (Å²) >= 11 is 7.13. The van der Waals surface area contributed by atoms with Gasteiger partial charge in [-0.3, -0.25) is 0 Å². The summed E-state index contributed by atoms with van der Waals surface area (Å²) in [5.41, 5.74) is 4.15. The summed E-state index contributed by atoms with van der Waals surface area (Å²) in [6, 6.07) is 26.2. The number of rotatable bonds is 6. The quantitative estimate of drug-likeness (QED) is 0.290. The summed E-state index contributed by atoms with van der Waals surface area (Å²) in [7, 11) is -1.68. The first-order valence-corrected chi connectivity index (χ1v) is 13.4. The Balaban J connectivity index is 0.000000695. The topological polar surface area (TPSA) is 122 Å². The molecule has 0 aliphatic rings. The maximum atomic E-state index is 8.49. The lowest BCUT2D eigenvalue weighted by Crippen LogP contribution is -2.68. The zero-order valence-electron chi connectivity index (χ0n) is 19.7. The predicted octanol–water partition coefficient (Wildman–Crippen LogP) is 3.85. The molecular weight excluding hydrogens is 632 g/mol. The molecule has 0 N–H and O–H groups in total. The lowest BCUT2D eigenvalue weighted by molar-refractivity contribution is -2.00. The van der Waals surface area contributed by atoms with Crippen LogP contribution in [0.4, 0.5) is 0 Å². The van der Waals surface area contributed by atoms with E-state index in [0.29, 0.717) is 11.5 Å². The number of ether oxygens (including phenoxy) is 2. The third kappa shape index (κ3) is 9.24. The summed E-state index contributed by atoms with van der Waals surface area (Å²) < 4.78 is 53.0. The smallest absolute Gasteiger partial charge is 0.361 e. The SMILES string of the molecule is COc1ccc(/C=C/c2cc(-c3cccc(Br)c3)cc(-c3cccc(Br)c3)[o+]2)cc1OC.[O-][Cl+3]([O-])([O-])[O-]. The Bertz CT molecular complexity index is 1320. The van der Waals surface area contributed by atoms with E-state index in [-0.39, 0.29) is 0 Å². The van der Waals surface area contributed by atoms with Gasteiger partial charge in [-0.1, -0.05) is 56.1 Å². The van der Waals surface area contributed by atoms with Gasteiger partial charge >= 0.3 is 11.5 Å². The first kappa shape index (κ1) is 28.8. The molecule has 0 bridgehead atoms. The van der Waals surface area contributed by atoms with Crippen LogP contribution in [0.3, 0.4) is 0 Å². The van der Waals surface area contributed by atoms with Crippen LogP contribution in [0.15, 0.2) is 92.2 Å². The van der Waals surface area contributed by atoms with Crippen molar-refractivity contribution >= 4 is 44.0 Å². The van der Waals surface area contributed by atoms with Crippen LogP contribution in [0.2, 0.25) is 0 Å². The summed E-state index contributed by atoms with van der Waals surface area (Å²) in [5, 5.41) is 0. The van der Waals surface area contributed by atoms with Crippen molar-refractivity contribution in [2.45, 2.75) is 0 Å². The van der Waals surface area contributed by atoms with Gasteiger partial charge < -0.3 is 9.47 Å². The van der Waals surface area contributed by atoms with Gasteiger partial charge in [0, 0.05) is 20.6 Å². The van der Waals surface area contributed by atoms with E-state index in [2.05, 4.69) is 50.1 Å². The van der Waals surface area contributed by atoms with Crippen molar-refractivity contribution in [1.29, 1.82) is 0 Å². The van der Waals surface area contributed by atoms with E-state index in [0.717, 1.165) is 42.7 Å². The molecule has 0 saturated heterocycles. The highest BCUT2D eigenvalue weighted by Gasteiger charge is 2.18. The minimum atomic E-state index is -4.94. The summed E-state index contributed by atoms with van der Waals surface area (Å²) in [6.45, 7) is 0. The van der Waals surface area contributed by atoms with Gasteiger partial charge in [0.25, 0.3) is 0 Å². The molecule has 0 fully saturated rings. The lowest BCUT2D eigenvalue weighted by atomic mass is 10.0. The highest BCUT2D eigenvalue weighted by Crippen LogP contribution is 2.32. The van der Waals surface area contributed by atoms with Crippen LogP contribution in [-0.4, -0.2) is 14.2 Å². The lowest BCUT2D eigenvalue weighted by Gasteiger charge is -2.17. The van der Waals surface area contributed by atoms with E-state index >= 15 is 0 Å². The van der Waals surface area contributed by atoms with Gasteiger partial charge in [-0.2, -0.15) is 0 Å². The molecule has 7 nitrogen and oxygen atoms in total. The van der Waals surface area contributed by atoms with Crippen molar-refractivity contribution in [2.24, 2.45) is 0 Å². The Morgan fingerprint density at radius 3 is 1.86 bits per heavy atom. The van der Waals surface area contributed by atoms with E-state index in [9.17, 15) is 0 Å². The Hall–Kier alpha value is -2.76. The standard InChI is InChI=1S/C27H21Br2O3.ClHO4/c1-30-25-12-10-18(13-27(25)31-2)9-11-24-16-21(19-5-3-7-22(28)14-19)17-26(32-24)20-6-4-8-23(29)15-20;2-1(3,4)5/h3-17H,1-2H3;(H,2,3,4,5)/q+1;/p-1/b11-9+;. The summed E-state index contributed by atoms with van der Waals surface area (Å²) in [5.74, 6) is 2.91. The molecule has 4 rings (SSSR count). The van der Waals surface area contributed by atoms with E-state index in [4.69, 9.17) is 32.5 Å². The number of methoxy groups -OCH3 is 2. The molecule has 1 heterocycles. The normalized spacial score (nSPS) is 11.1. The van der Waals surface area contributed by atoms with Gasteiger partial charge in [-0.15, -0.1) is 10.2 Å². The first-order chi connectivity index (χ1) is 17.6. The largest absolute Gasteiger partial charge is 0.493 e. The first-order valence-electron chi connectivity index (χ1n) is 10.6. The number of hydrogen-bond donors (Lipinski definition) is 0. The molecule has 0 spiro atoms. The van der Waals surface area contributed by atoms with Gasteiger partial charge in [0.05, 0.1) is 31.9 Å². The molecule has 0 aliphatic heterocycles. The Morgan fingerprint density at radius 2 is 1.27 bits per heavy atom. The van der Waals surface area contributed by atoms with Gasteiger partial charge in [-0.05, 0) is 59.7 Å². The van der Waals surface area contributed by atoms with Crippen LogP contribution >= 0.6 is 31.9 Å². The van der Waals surface area contributed by atoms with E-state index in [1.807, 2.05) is 72.8 Å². The fourth-order valence-electron chi connectivity index (χ4n) is 3.36. The second-order valence-corrected chi connectivity index (χ2v) is 10.0. The fourth-order valence-corrected chi connectivity index (χ4v) is 4.16. The summed E-state index contributed by atoms with van der Waals surface area (Å²) in [6.07, 6.45) is 3.96. The molecule has 0 saturated carbocycles. The van der Waals surface area contributed by atoms with E-state index < -0.39 is 10.2 Å². The Morgan fingerprint density at radius 1 is 0.676 bits per heavy atom. The van der Waals surface area contributed by atoms with Crippen LogP contribution in [0.5, 0.6) is 11.5 Å². The van der Waals surface area contributed by atoms with Crippen molar-refractivity contribution in [3.63, 3.8) is 0 Å². The van der Waals surface area contributed by atoms with Crippen LogP contribution in [0, 0.1) is 10.2 Å². The highest BCUT2D eigenvalue weighted by molar-refractivity contribution is 9.10. The molecule has 0 amide bonds. The van der Waals surface area contributed by atoms with Gasteiger partial charge in [0.2, 0.25) is 0 Å². The van der Waals surface area contributed by atoms with Crippen LogP contribution < -0.4 is 28.1 Å². The van der Waals surface area contributed by atoms with Crippen LogP contribution in [0.25, 0.3) is 34.6 Å². The average molecular weight is 653 g/mol. The molecule has 192 valence electrons. The van der Waals surface area contributed by atoms with Crippen LogP contribution in [0.1, 0.15) is 11.3 Å². The van der Waals surface area contributed by atoms with Gasteiger partial charge in [0.1, 0.15) is 0 Å². The third-order valence-corrected chi connectivity index (χ3v) is 5.91. The Kier molecular flexibility index (Phi) is 10.2. The molecule has 0 atom stereocenters. The van der Waals surface area contributed by atoms with Crippen molar-refractivity contribution < 1.29 is 42.8 Å². The predicted molar refractivity (Wildman–Crippen MR) is 138 cm³/mol. The number of halogens is 3. The zero-order chi connectivity index (χ0) is 27.0. The maximum absolute atomic E-state index is 8.49. The van der Waals surface area contributed by atoms with Gasteiger partial charge in [-0.25, -0.2) is 23.1 Å². The molecular formula is C27H21Br2ClO7. The maximum Gasteiger partial charge on any atom is 0.361 e. The second kappa shape index (κ2) is 13.2. The Labute approximate surface area is 233 Å². The van der Waals surface area contributed by atoms with E-state index in [1.54, 1.807) is 14.2 Å². The molecule has 0 radical (unpaired) electrons. The van der Waals surface area contributed by atoms with Crippen LogP contribution in [-0.2, 0) is 0 Å². The molecule has 37 heavy (non-hydrogen) atoms. The number of hydrogen-bond acceptors (Lipinski definition) is 6. The molecule has 10 heteroatoms. The fraction of sp³-hybridized carbons (Fsp3) is 0.0741. The zero-order valence-corrected chi connectivity index (χ0v) is 23.6. The van der Waals surface area contributed by atoms with Gasteiger partial charge in [0.15, 0.2) is 11.5 Å². The minimum Gasteiger partial charge on any atom is -0.493 e. The van der Waals surface area contributed by atoms with Crippen molar-refractivity contribution in [3.05, 3.63) is 99.1 Å². The molecule has 3 aromatic carbocycles. The second-order valence-electron chi connectivity index (χ2n) is 7.46. The third-order valence-electron chi connectivity index (χ3n) is 4.93. The van der Waals surface area contributed by atoms with E-state index in [1.165, 1.54) is 0 Å². The minimum absolute atomic E-state index is 0.685. The highest BCUT2D eigenvalue weighted by atomic mass is 79.9. The van der Waals surface area contributed by atoms with Crippen molar-refractivity contribution in [2.75, 3.05) is 14.2 Å². The molecule has 0 aliphatic carbocycles. The molecule has 4 aromatic rings.